The number of amides is 3. The number of aliphatic carboxylic acids is 1. The Morgan fingerprint density at radius 1 is 1.00 bits per heavy atom. The van der Waals surface area contributed by atoms with Gasteiger partial charge in [-0.05, 0) is 24.1 Å². The maximum absolute atomic E-state index is 12.6. The molecule has 0 unspecified atom stereocenters. The average molecular weight is 600 g/mol. The lowest BCUT2D eigenvalue weighted by molar-refractivity contribution is -0.271. The standard InChI is InChI=1S/C26H37N3O13/c1-4-5-18(31)27-9-8-19(32)28-16-12-15(13-40-26(38)29(3)10-11-39-14(2)30)6-7-17(16)41-25-22(35)20(33)21(34)23(42-25)24(36)37/h6-7,12,20-23,25,33-35H,4-5,8-11,13H2,1-3H3,(H,27,31)(H,28,32)(H,36,37)/t20-,21-,22+,23-,25+/m0/s1. The van der Waals surface area contributed by atoms with Crippen molar-refractivity contribution in [2.45, 2.75) is 70.4 Å². The quantitative estimate of drug-likeness (QED) is 0.146. The Kier molecular flexibility index (Phi) is 13.4. The molecule has 16 nitrogen and oxygen atoms in total. The smallest absolute Gasteiger partial charge is 0.409 e. The van der Waals surface area contributed by atoms with Crippen molar-refractivity contribution in [1.29, 1.82) is 0 Å². The van der Waals surface area contributed by atoms with E-state index in [0.29, 0.717) is 18.4 Å². The number of nitrogens with zero attached hydrogens (tertiary/aromatic N) is 1. The molecule has 1 fully saturated rings. The lowest BCUT2D eigenvalue weighted by Crippen LogP contribution is -2.61. The van der Waals surface area contributed by atoms with Crippen LogP contribution in [0, 0.1) is 0 Å². The molecule has 1 aromatic carbocycles. The van der Waals surface area contributed by atoms with Crippen molar-refractivity contribution in [2.24, 2.45) is 0 Å². The Labute approximate surface area is 241 Å². The summed E-state index contributed by atoms with van der Waals surface area (Å²) in [4.78, 5) is 60.1. The fraction of sp³-hybridized carbons (Fsp3) is 0.577. The van der Waals surface area contributed by atoms with Gasteiger partial charge in [-0.2, -0.15) is 0 Å². The summed E-state index contributed by atoms with van der Waals surface area (Å²) in [5.41, 5.74) is 0.402. The summed E-state index contributed by atoms with van der Waals surface area (Å²) >= 11 is 0. The van der Waals surface area contributed by atoms with Crippen LogP contribution >= 0.6 is 0 Å². The second-order valence-electron chi connectivity index (χ2n) is 9.40. The minimum atomic E-state index is -1.93. The lowest BCUT2D eigenvalue weighted by Gasteiger charge is -2.38. The van der Waals surface area contributed by atoms with E-state index in [4.69, 9.17) is 18.9 Å². The zero-order valence-corrected chi connectivity index (χ0v) is 23.5. The number of anilines is 1. The van der Waals surface area contributed by atoms with Crippen LogP contribution in [0.4, 0.5) is 10.5 Å². The van der Waals surface area contributed by atoms with E-state index in [-0.39, 0.29) is 50.1 Å². The van der Waals surface area contributed by atoms with Gasteiger partial charge in [0.25, 0.3) is 0 Å². The summed E-state index contributed by atoms with van der Waals surface area (Å²) in [6, 6.07) is 4.18. The fourth-order valence-corrected chi connectivity index (χ4v) is 3.66. The third-order valence-corrected chi connectivity index (χ3v) is 5.93. The topological polar surface area (TPSA) is 230 Å². The van der Waals surface area contributed by atoms with E-state index >= 15 is 0 Å². The molecule has 1 aliphatic heterocycles. The molecular formula is C26H37N3O13. The zero-order valence-electron chi connectivity index (χ0n) is 23.5. The highest BCUT2D eigenvalue weighted by molar-refractivity contribution is 5.92. The monoisotopic (exact) mass is 599 g/mol. The van der Waals surface area contributed by atoms with Crippen LogP contribution in [-0.4, -0.2) is 113 Å². The number of likely N-dealkylation sites (N-methyl/N-ethyl adjacent to an activating group) is 1. The molecule has 1 saturated heterocycles. The number of hydrogen-bond acceptors (Lipinski definition) is 12. The summed E-state index contributed by atoms with van der Waals surface area (Å²) in [7, 11) is 1.44. The van der Waals surface area contributed by atoms with Gasteiger partial charge in [-0.1, -0.05) is 13.0 Å². The lowest BCUT2D eigenvalue weighted by atomic mass is 9.99. The highest BCUT2D eigenvalue weighted by atomic mass is 16.7. The number of ether oxygens (including phenoxy) is 4. The number of aliphatic hydroxyl groups excluding tert-OH is 3. The molecule has 0 saturated carbocycles. The van der Waals surface area contributed by atoms with Crippen LogP contribution in [0.3, 0.4) is 0 Å². The van der Waals surface area contributed by atoms with Crippen LogP contribution in [0.2, 0.25) is 0 Å². The van der Waals surface area contributed by atoms with Gasteiger partial charge in [0.1, 0.15) is 37.3 Å². The minimum Gasteiger partial charge on any atom is -0.479 e. The van der Waals surface area contributed by atoms with Crippen molar-refractivity contribution in [3.63, 3.8) is 0 Å². The highest BCUT2D eigenvalue weighted by Crippen LogP contribution is 2.31. The molecule has 0 radical (unpaired) electrons. The molecule has 6 N–H and O–H groups in total. The van der Waals surface area contributed by atoms with Gasteiger partial charge >= 0.3 is 18.0 Å². The van der Waals surface area contributed by atoms with Gasteiger partial charge in [-0.15, -0.1) is 0 Å². The Bertz CT molecular complexity index is 1110. The summed E-state index contributed by atoms with van der Waals surface area (Å²) < 4.78 is 20.8. The molecule has 2 rings (SSSR count). The number of benzene rings is 1. The summed E-state index contributed by atoms with van der Waals surface area (Å²) in [6.07, 6.45) is -9.23. The van der Waals surface area contributed by atoms with Crippen molar-refractivity contribution in [1.82, 2.24) is 10.2 Å². The molecule has 42 heavy (non-hydrogen) atoms. The van der Waals surface area contributed by atoms with E-state index in [1.54, 1.807) is 0 Å². The molecule has 0 bridgehead atoms. The number of carboxylic acid groups (broad SMARTS) is 1. The number of carbonyl (C=O) groups is 5. The molecule has 1 aromatic rings. The van der Waals surface area contributed by atoms with Crippen LogP contribution in [0.5, 0.6) is 5.75 Å². The zero-order chi connectivity index (χ0) is 31.4. The fourth-order valence-electron chi connectivity index (χ4n) is 3.66. The van der Waals surface area contributed by atoms with Crippen molar-refractivity contribution in [2.75, 3.05) is 32.1 Å². The van der Waals surface area contributed by atoms with E-state index in [1.807, 2.05) is 6.92 Å². The van der Waals surface area contributed by atoms with Gasteiger partial charge in [-0.3, -0.25) is 14.4 Å². The van der Waals surface area contributed by atoms with Crippen molar-refractivity contribution in [3.05, 3.63) is 23.8 Å². The first kappa shape index (κ1) is 34.2. The molecule has 0 spiro atoms. The molecular weight excluding hydrogens is 562 g/mol. The first-order valence-electron chi connectivity index (χ1n) is 13.1. The van der Waals surface area contributed by atoms with Gasteiger partial charge in [0.05, 0.1) is 12.2 Å². The van der Waals surface area contributed by atoms with Crippen LogP contribution in [0.25, 0.3) is 0 Å². The second kappa shape index (κ2) is 16.5. The van der Waals surface area contributed by atoms with Crippen molar-refractivity contribution < 1.29 is 63.3 Å². The Morgan fingerprint density at radius 3 is 2.36 bits per heavy atom. The largest absolute Gasteiger partial charge is 0.479 e. The predicted molar refractivity (Wildman–Crippen MR) is 142 cm³/mol. The number of nitrogens with one attached hydrogen (secondary N) is 2. The first-order valence-corrected chi connectivity index (χ1v) is 13.1. The number of rotatable bonds is 14. The summed E-state index contributed by atoms with van der Waals surface area (Å²) in [6.45, 7) is 2.94. The van der Waals surface area contributed by atoms with Crippen LogP contribution < -0.4 is 15.4 Å². The van der Waals surface area contributed by atoms with Gasteiger partial charge in [0.15, 0.2) is 6.10 Å². The summed E-state index contributed by atoms with van der Waals surface area (Å²) in [5, 5.41) is 44.8. The molecule has 0 aliphatic carbocycles. The first-order chi connectivity index (χ1) is 19.8. The van der Waals surface area contributed by atoms with Gasteiger partial charge in [-0.25, -0.2) is 9.59 Å². The van der Waals surface area contributed by atoms with Gasteiger partial charge < -0.3 is 54.9 Å². The average Bonchev–Trinajstić information content (AvgIpc) is 2.92. The number of carbonyl (C=O) groups excluding carboxylic acids is 4. The Balaban J connectivity index is 2.18. The van der Waals surface area contributed by atoms with Crippen LogP contribution in [-0.2, 0) is 40.0 Å². The molecule has 1 heterocycles. The van der Waals surface area contributed by atoms with Crippen LogP contribution in [0.1, 0.15) is 38.7 Å². The van der Waals surface area contributed by atoms with E-state index in [2.05, 4.69) is 10.6 Å². The maximum Gasteiger partial charge on any atom is 0.409 e. The van der Waals surface area contributed by atoms with E-state index in [0.717, 1.165) is 0 Å². The minimum absolute atomic E-state index is 0.0138. The Hall–Kier alpha value is -3.99. The van der Waals surface area contributed by atoms with Crippen molar-refractivity contribution in [3.8, 4) is 5.75 Å². The summed E-state index contributed by atoms with van der Waals surface area (Å²) in [5.74, 6) is -2.96. The van der Waals surface area contributed by atoms with Gasteiger partial charge in [0.2, 0.25) is 18.1 Å². The third-order valence-electron chi connectivity index (χ3n) is 5.93. The SMILES string of the molecule is CCCC(=O)NCCC(=O)Nc1cc(COC(=O)N(C)CCOC(C)=O)ccc1O[C@@H]1O[C@H](C(=O)O)[C@@H](O)[C@H](O)[C@H]1O. The van der Waals surface area contributed by atoms with E-state index < -0.39 is 54.6 Å². The maximum atomic E-state index is 12.6. The van der Waals surface area contributed by atoms with Gasteiger partial charge in [0, 0.05) is 33.4 Å². The van der Waals surface area contributed by atoms with E-state index in [1.165, 1.54) is 37.1 Å². The number of aliphatic hydroxyl groups is 3. The van der Waals surface area contributed by atoms with Crippen molar-refractivity contribution >= 4 is 35.5 Å². The molecule has 0 aromatic heterocycles. The molecule has 5 atom stereocenters. The molecule has 234 valence electrons. The molecule has 3 amide bonds. The number of esters is 1. The Morgan fingerprint density at radius 2 is 1.71 bits per heavy atom. The number of carboxylic acids is 1. The third kappa shape index (κ3) is 10.4. The highest BCUT2D eigenvalue weighted by Gasteiger charge is 2.48. The predicted octanol–water partition coefficient (Wildman–Crippen LogP) is -0.666. The second-order valence-corrected chi connectivity index (χ2v) is 9.40. The molecule has 1 aliphatic rings. The van der Waals surface area contributed by atoms with Crippen LogP contribution in [0.15, 0.2) is 18.2 Å². The number of hydrogen-bond donors (Lipinski definition) is 6. The molecule has 16 heteroatoms. The van der Waals surface area contributed by atoms with E-state index in [9.17, 15) is 44.4 Å². The normalized spacial score (nSPS) is 21.5.